The first-order valence-electron chi connectivity index (χ1n) is 8.63. The number of aryl methyl sites for hydroxylation is 2. The minimum atomic E-state index is -0.284. The van der Waals surface area contributed by atoms with E-state index in [4.69, 9.17) is 4.52 Å². The van der Waals surface area contributed by atoms with Crippen LogP contribution in [0, 0.1) is 13.8 Å². The maximum absolute atomic E-state index is 12.1. The fourth-order valence-corrected chi connectivity index (χ4v) is 2.61. The second-order valence-electron chi connectivity index (χ2n) is 6.41. The summed E-state index contributed by atoms with van der Waals surface area (Å²) in [6.07, 6.45) is 1.84. The maximum atomic E-state index is 12.1. The summed E-state index contributed by atoms with van der Waals surface area (Å²) in [5.41, 5.74) is 3.43. The summed E-state index contributed by atoms with van der Waals surface area (Å²) in [6, 6.07) is 7.03. The first-order valence-corrected chi connectivity index (χ1v) is 8.63. The third-order valence-corrected chi connectivity index (χ3v) is 4.18. The third kappa shape index (κ3) is 5.34. The minimum Gasteiger partial charge on any atom is -0.361 e. The van der Waals surface area contributed by atoms with Gasteiger partial charge in [-0.2, -0.15) is 0 Å². The van der Waals surface area contributed by atoms with Crippen molar-refractivity contribution in [3.8, 4) is 0 Å². The zero-order valence-corrected chi connectivity index (χ0v) is 15.8. The molecule has 0 bridgehead atoms. The Morgan fingerprint density at radius 2 is 1.92 bits per heavy atom. The summed E-state index contributed by atoms with van der Waals surface area (Å²) in [7, 11) is 3.42. The molecule has 26 heavy (non-hydrogen) atoms. The van der Waals surface area contributed by atoms with Crippen LogP contribution in [0.3, 0.4) is 0 Å². The molecule has 0 aliphatic heterocycles. The van der Waals surface area contributed by atoms with E-state index >= 15 is 0 Å². The SMILES string of the molecule is Cc1noc(C)c1CCCNC(=O)Nc1ccccc1CC(=O)N(C)C. The molecule has 0 aliphatic rings. The Morgan fingerprint density at radius 3 is 2.58 bits per heavy atom. The lowest BCUT2D eigenvalue weighted by molar-refractivity contribution is -0.127. The topological polar surface area (TPSA) is 87.5 Å². The molecule has 0 saturated heterocycles. The quantitative estimate of drug-likeness (QED) is 0.745. The molecule has 1 heterocycles. The Labute approximate surface area is 153 Å². The molecule has 0 saturated carbocycles. The highest BCUT2D eigenvalue weighted by molar-refractivity contribution is 5.91. The van der Waals surface area contributed by atoms with Crippen LogP contribution in [0.4, 0.5) is 10.5 Å². The van der Waals surface area contributed by atoms with Gasteiger partial charge >= 0.3 is 6.03 Å². The van der Waals surface area contributed by atoms with Crippen molar-refractivity contribution in [2.24, 2.45) is 0 Å². The van der Waals surface area contributed by atoms with Crippen molar-refractivity contribution in [2.75, 3.05) is 26.0 Å². The van der Waals surface area contributed by atoms with E-state index in [0.29, 0.717) is 12.2 Å². The van der Waals surface area contributed by atoms with Gasteiger partial charge in [0, 0.05) is 31.9 Å². The Balaban J connectivity index is 1.83. The van der Waals surface area contributed by atoms with E-state index in [0.717, 1.165) is 35.4 Å². The first kappa shape index (κ1) is 19.5. The molecule has 2 N–H and O–H groups in total. The predicted molar refractivity (Wildman–Crippen MR) is 100 cm³/mol. The summed E-state index contributed by atoms with van der Waals surface area (Å²) < 4.78 is 5.13. The number of carbonyl (C=O) groups is 2. The lowest BCUT2D eigenvalue weighted by Gasteiger charge is -2.14. The van der Waals surface area contributed by atoms with Crippen LogP contribution >= 0.6 is 0 Å². The van der Waals surface area contributed by atoms with Gasteiger partial charge in [-0.3, -0.25) is 4.79 Å². The van der Waals surface area contributed by atoms with Gasteiger partial charge in [0.05, 0.1) is 12.1 Å². The number of benzene rings is 1. The van der Waals surface area contributed by atoms with Crippen LogP contribution in [0.15, 0.2) is 28.8 Å². The van der Waals surface area contributed by atoms with Crippen LogP contribution < -0.4 is 10.6 Å². The third-order valence-electron chi connectivity index (χ3n) is 4.18. The van der Waals surface area contributed by atoms with Crippen molar-refractivity contribution in [2.45, 2.75) is 33.1 Å². The first-order chi connectivity index (χ1) is 12.4. The zero-order chi connectivity index (χ0) is 19.1. The lowest BCUT2D eigenvalue weighted by Crippen LogP contribution is -2.30. The van der Waals surface area contributed by atoms with E-state index in [9.17, 15) is 9.59 Å². The van der Waals surface area contributed by atoms with Crippen LogP contribution in [0.2, 0.25) is 0 Å². The van der Waals surface area contributed by atoms with Gasteiger partial charge in [-0.15, -0.1) is 0 Å². The van der Waals surface area contributed by atoms with Gasteiger partial charge in [-0.25, -0.2) is 4.79 Å². The number of nitrogens with one attached hydrogen (secondary N) is 2. The average Bonchev–Trinajstić information content (AvgIpc) is 2.92. The van der Waals surface area contributed by atoms with Crippen LogP contribution in [0.25, 0.3) is 0 Å². The van der Waals surface area contributed by atoms with Crippen LogP contribution in [-0.2, 0) is 17.6 Å². The van der Waals surface area contributed by atoms with Gasteiger partial charge in [-0.05, 0) is 38.3 Å². The highest BCUT2D eigenvalue weighted by atomic mass is 16.5. The van der Waals surface area contributed by atoms with Crippen LogP contribution in [0.1, 0.15) is 29.0 Å². The molecule has 2 aromatic rings. The second-order valence-corrected chi connectivity index (χ2v) is 6.41. The molecule has 140 valence electrons. The molecular weight excluding hydrogens is 332 g/mol. The number of aromatic nitrogens is 1. The van der Waals surface area contributed by atoms with Crippen molar-refractivity contribution in [3.05, 3.63) is 46.8 Å². The Kier molecular flexibility index (Phi) is 6.77. The second kappa shape index (κ2) is 9.03. The Morgan fingerprint density at radius 1 is 1.19 bits per heavy atom. The number of rotatable bonds is 7. The van der Waals surface area contributed by atoms with E-state index in [1.54, 1.807) is 20.2 Å². The van der Waals surface area contributed by atoms with E-state index in [1.807, 2.05) is 32.0 Å². The summed E-state index contributed by atoms with van der Waals surface area (Å²) in [5, 5.41) is 9.58. The van der Waals surface area contributed by atoms with E-state index in [1.165, 1.54) is 4.90 Å². The summed E-state index contributed by atoms with van der Waals surface area (Å²) in [6.45, 7) is 4.34. The number of hydrogen-bond donors (Lipinski definition) is 2. The van der Waals surface area contributed by atoms with Gasteiger partial charge in [0.1, 0.15) is 5.76 Å². The number of hydrogen-bond acceptors (Lipinski definition) is 4. The normalized spacial score (nSPS) is 10.5. The Hall–Kier alpha value is -2.83. The summed E-state index contributed by atoms with van der Waals surface area (Å²) in [4.78, 5) is 25.6. The van der Waals surface area contributed by atoms with E-state index in [2.05, 4.69) is 15.8 Å². The van der Waals surface area contributed by atoms with E-state index in [-0.39, 0.29) is 18.4 Å². The molecule has 0 fully saturated rings. The largest absolute Gasteiger partial charge is 0.361 e. The molecule has 0 unspecified atom stereocenters. The smallest absolute Gasteiger partial charge is 0.319 e. The molecule has 0 aliphatic carbocycles. The molecule has 7 nitrogen and oxygen atoms in total. The fraction of sp³-hybridized carbons (Fsp3) is 0.421. The van der Waals surface area contributed by atoms with E-state index < -0.39 is 0 Å². The summed E-state index contributed by atoms with van der Waals surface area (Å²) >= 11 is 0. The number of amides is 3. The van der Waals surface area contributed by atoms with Crippen molar-refractivity contribution >= 4 is 17.6 Å². The van der Waals surface area contributed by atoms with Crippen molar-refractivity contribution < 1.29 is 14.1 Å². The highest BCUT2D eigenvalue weighted by Gasteiger charge is 2.12. The van der Waals surface area contributed by atoms with Crippen molar-refractivity contribution in [1.29, 1.82) is 0 Å². The molecule has 3 amide bonds. The molecule has 0 radical (unpaired) electrons. The lowest BCUT2D eigenvalue weighted by atomic mass is 10.1. The number of para-hydroxylation sites is 1. The standard InChI is InChI=1S/C19H26N4O3/c1-13-16(14(2)26-22-13)9-7-11-20-19(25)21-17-10-6-5-8-15(17)12-18(24)23(3)4/h5-6,8,10H,7,9,11-12H2,1-4H3,(H2,20,21,25). The predicted octanol–water partition coefficient (Wildman–Crippen LogP) is 2.68. The van der Waals surface area contributed by atoms with Gasteiger partial charge in [0.2, 0.25) is 5.91 Å². The maximum Gasteiger partial charge on any atom is 0.319 e. The van der Waals surface area contributed by atoms with Crippen LogP contribution in [-0.4, -0.2) is 42.6 Å². The molecule has 0 atom stereocenters. The van der Waals surface area contributed by atoms with Gasteiger partial charge in [-0.1, -0.05) is 23.4 Å². The molecular formula is C19H26N4O3. The molecule has 7 heteroatoms. The van der Waals surface area contributed by atoms with Gasteiger partial charge in [0.25, 0.3) is 0 Å². The van der Waals surface area contributed by atoms with Crippen molar-refractivity contribution in [3.63, 3.8) is 0 Å². The number of nitrogens with zero attached hydrogens (tertiary/aromatic N) is 2. The molecule has 2 rings (SSSR count). The highest BCUT2D eigenvalue weighted by Crippen LogP contribution is 2.16. The van der Waals surface area contributed by atoms with Crippen LogP contribution in [0.5, 0.6) is 0 Å². The fourth-order valence-electron chi connectivity index (χ4n) is 2.61. The number of carbonyl (C=O) groups excluding carboxylic acids is 2. The van der Waals surface area contributed by atoms with Gasteiger partial charge in [0.15, 0.2) is 0 Å². The van der Waals surface area contributed by atoms with Crippen molar-refractivity contribution in [1.82, 2.24) is 15.4 Å². The number of likely N-dealkylation sites (N-methyl/N-ethyl adjacent to an activating group) is 1. The Bertz CT molecular complexity index is 748. The molecule has 1 aromatic heterocycles. The zero-order valence-electron chi connectivity index (χ0n) is 15.8. The average molecular weight is 358 g/mol. The molecule has 0 spiro atoms. The molecule has 1 aromatic carbocycles. The van der Waals surface area contributed by atoms with Gasteiger partial charge < -0.3 is 20.1 Å². The summed E-state index contributed by atoms with van der Waals surface area (Å²) in [5.74, 6) is 0.811. The number of urea groups is 1. The minimum absolute atomic E-state index is 0.0147. The monoisotopic (exact) mass is 358 g/mol. The number of anilines is 1.